The van der Waals surface area contributed by atoms with Gasteiger partial charge in [-0.1, -0.05) is 0 Å². The van der Waals surface area contributed by atoms with Crippen molar-refractivity contribution in [3.8, 4) is 0 Å². The van der Waals surface area contributed by atoms with Crippen molar-refractivity contribution < 1.29 is 43.5 Å². The van der Waals surface area contributed by atoms with Crippen LogP contribution in [-0.4, -0.2) is 63.6 Å². The minimum atomic E-state index is -4.79. The van der Waals surface area contributed by atoms with E-state index in [0.29, 0.717) is 7.18 Å². The van der Waals surface area contributed by atoms with Gasteiger partial charge in [-0.15, -0.1) is 0 Å². The molecule has 0 aromatic carbocycles. The van der Waals surface area contributed by atoms with Crippen molar-refractivity contribution in [2.45, 2.75) is 19.0 Å². The van der Waals surface area contributed by atoms with E-state index in [4.69, 9.17) is 9.11 Å². The quantitative estimate of drug-likeness (QED) is 0.553. The van der Waals surface area contributed by atoms with Crippen LogP contribution in [0.2, 0.25) is 0 Å². The van der Waals surface area contributed by atoms with Gasteiger partial charge < -0.3 is 0 Å². The molecule has 0 bridgehead atoms. The van der Waals surface area contributed by atoms with E-state index in [-0.39, 0.29) is 6.67 Å². The van der Waals surface area contributed by atoms with Gasteiger partial charge in [-0.3, -0.25) is 22.3 Å². The zero-order valence-corrected chi connectivity index (χ0v) is 12.5. The van der Waals surface area contributed by atoms with Crippen LogP contribution < -0.4 is 0 Å². The molecule has 0 aromatic rings. The molecular weight excluding hydrogens is 332 g/mol. The summed E-state index contributed by atoms with van der Waals surface area (Å²) in [7, 11) is -9.09. The first kappa shape index (κ1) is 24.6. The van der Waals surface area contributed by atoms with E-state index in [1.54, 1.807) is 0 Å². The topological polar surface area (TPSA) is 109 Å². The Morgan fingerprint density at radius 2 is 1.20 bits per heavy atom. The Balaban J connectivity index is -0.000000505. The lowest BCUT2D eigenvalue weighted by molar-refractivity contribution is 0.184. The summed E-state index contributed by atoms with van der Waals surface area (Å²) >= 11 is 0. The molecular formula is C8H18F4O6S2. The third-order valence-electron chi connectivity index (χ3n) is 1.42. The predicted molar refractivity (Wildman–Crippen MR) is 65.9 cm³/mol. The molecule has 0 amide bonds. The second-order valence-corrected chi connectivity index (χ2v) is 6.21. The predicted octanol–water partition coefficient (Wildman–Crippen LogP) is 1.39. The molecule has 2 N–H and O–H groups in total. The average molecular weight is 350 g/mol. The molecule has 20 heavy (non-hydrogen) atoms. The molecule has 0 heterocycles. The molecule has 0 atom stereocenters. The maximum Gasteiger partial charge on any atom is 0.268 e. The van der Waals surface area contributed by atoms with Crippen molar-refractivity contribution >= 4 is 20.2 Å². The van der Waals surface area contributed by atoms with Crippen LogP contribution in [0.5, 0.6) is 0 Å². The first-order valence-corrected chi connectivity index (χ1v) is 8.20. The molecule has 0 aliphatic heterocycles. The van der Waals surface area contributed by atoms with E-state index in [1.807, 2.05) is 0 Å². The van der Waals surface area contributed by atoms with Crippen LogP contribution >= 0.6 is 0 Å². The maximum atomic E-state index is 13.5. The van der Waals surface area contributed by atoms with Crippen LogP contribution in [0.3, 0.4) is 0 Å². The standard InChI is InChI=1S/C5H10F2O6S2.C2H5F.CH3F/c6-2-1-5(7,3-14(8,9)10)4-15(11,12)13;1-2-3;1-2/h1-4H2,(H,8,9,10)(H,11,12,13);2H2,1H3;1H3. The molecule has 0 radical (unpaired) electrons. The van der Waals surface area contributed by atoms with Crippen LogP contribution in [0.25, 0.3) is 0 Å². The van der Waals surface area contributed by atoms with Gasteiger partial charge in [0, 0.05) is 6.42 Å². The normalized spacial score (nSPS) is 11.8. The molecule has 0 saturated heterocycles. The minimum absolute atomic E-state index is 0.250. The molecule has 0 saturated carbocycles. The van der Waals surface area contributed by atoms with Gasteiger partial charge in [-0.25, -0.2) is 4.39 Å². The van der Waals surface area contributed by atoms with Crippen molar-refractivity contribution in [2.75, 3.05) is 32.0 Å². The van der Waals surface area contributed by atoms with E-state index in [2.05, 4.69) is 0 Å². The molecule has 0 rings (SSSR count). The molecule has 12 heteroatoms. The Kier molecular flexibility index (Phi) is 13.8. The second kappa shape index (κ2) is 11.2. The van der Waals surface area contributed by atoms with Crippen LogP contribution in [0, 0.1) is 0 Å². The van der Waals surface area contributed by atoms with Gasteiger partial charge in [0.2, 0.25) is 0 Å². The summed E-state index contributed by atoms with van der Waals surface area (Å²) in [6.45, 7) is -0.110. The minimum Gasteiger partial charge on any atom is -0.285 e. The second-order valence-electron chi connectivity index (χ2n) is 3.31. The Morgan fingerprint density at radius 3 is 1.35 bits per heavy atom. The lowest BCUT2D eigenvalue weighted by Gasteiger charge is -2.20. The number of hydrogen-bond donors (Lipinski definition) is 2. The number of hydrogen-bond acceptors (Lipinski definition) is 4. The molecule has 0 unspecified atom stereocenters. The lowest BCUT2D eigenvalue weighted by Crippen LogP contribution is -2.40. The van der Waals surface area contributed by atoms with E-state index >= 15 is 0 Å². The number of alkyl halides is 4. The van der Waals surface area contributed by atoms with E-state index in [9.17, 15) is 34.4 Å². The molecule has 0 aliphatic carbocycles. The Labute approximate surface area is 115 Å². The van der Waals surface area contributed by atoms with Crippen molar-refractivity contribution in [1.29, 1.82) is 0 Å². The fourth-order valence-electron chi connectivity index (χ4n) is 1.01. The molecule has 0 aromatic heterocycles. The summed E-state index contributed by atoms with van der Waals surface area (Å²) in [5.74, 6) is -3.16. The van der Waals surface area contributed by atoms with Crippen molar-refractivity contribution in [1.82, 2.24) is 0 Å². The molecule has 0 fully saturated rings. The first-order chi connectivity index (χ1) is 8.89. The summed E-state index contributed by atoms with van der Waals surface area (Å²) in [4.78, 5) is 0. The zero-order valence-electron chi connectivity index (χ0n) is 10.9. The van der Waals surface area contributed by atoms with Gasteiger partial charge in [0.1, 0.15) is 17.2 Å². The summed E-state index contributed by atoms with van der Waals surface area (Å²) in [6, 6.07) is 0. The van der Waals surface area contributed by atoms with Crippen molar-refractivity contribution in [3.63, 3.8) is 0 Å². The fourth-order valence-corrected chi connectivity index (χ4v) is 2.94. The largest absolute Gasteiger partial charge is 0.285 e. The van der Waals surface area contributed by atoms with Gasteiger partial charge in [0.15, 0.2) is 0 Å². The van der Waals surface area contributed by atoms with Crippen LogP contribution in [-0.2, 0) is 20.2 Å². The molecule has 0 spiro atoms. The fraction of sp³-hybridized carbons (Fsp3) is 1.00. The highest BCUT2D eigenvalue weighted by Crippen LogP contribution is 2.21. The zero-order chi connectivity index (χ0) is 17.0. The first-order valence-electron chi connectivity index (χ1n) is 4.98. The van der Waals surface area contributed by atoms with E-state index < -0.39 is 50.5 Å². The van der Waals surface area contributed by atoms with Gasteiger partial charge in [-0.2, -0.15) is 16.8 Å². The third kappa shape index (κ3) is 19.9. The van der Waals surface area contributed by atoms with E-state index in [1.165, 1.54) is 6.92 Å². The highest BCUT2D eigenvalue weighted by molar-refractivity contribution is 7.86. The summed E-state index contributed by atoms with van der Waals surface area (Å²) in [6.07, 6.45) is -1.05. The van der Waals surface area contributed by atoms with Gasteiger partial charge >= 0.3 is 0 Å². The Morgan fingerprint density at radius 1 is 0.950 bits per heavy atom. The van der Waals surface area contributed by atoms with Crippen LogP contribution in [0.4, 0.5) is 17.6 Å². The van der Waals surface area contributed by atoms with E-state index in [0.717, 1.165) is 0 Å². The third-order valence-corrected chi connectivity index (χ3v) is 3.19. The molecule has 126 valence electrons. The summed E-state index contributed by atoms with van der Waals surface area (Å²) in [5.41, 5.74) is -3.03. The highest BCUT2D eigenvalue weighted by atomic mass is 32.2. The smallest absolute Gasteiger partial charge is 0.268 e. The number of rotatable bonds is 6. The summed E-state index contributed by atoms with van der Waals surface area (Å²) < 4.78 is 103. The van der Waals surface area contributed by atoms with Gasteiger partial charge in [0.25, 0.3) is 20.2 Å². The van der Waals surface area contributed by atoms with Gasteiger partial charge in [0.05, 0.1) is 20.5 Å². The lowest BCUT2D eigenvalue weighted by atomic mass is 10.1. The molecule has 0 aliphatic rings. The SMILES string of the molecule is CCF.CF.O=S(=O)(O)CC(F)(CCF)CS(=O)(=O)O. The summed E-state index contributed by atoms with van der Waals surface area (Å²) in [5, 5.41) is 0. The monoisotopic (exact) mass is 350 g/mol. The maximum absolute atomic E-state index is 13.5. The average Bonchev–Trinajstić information content (AvgIpc) is 2.15. The highest BCUT2D eigenvalue weighted by Gasteiger charge is 2.39. The Hall–Kier alpha value is -0.460. The van der Waals surface area contributed by atoms with Crippen LogP contribution in [0.15, 0.2) is 0 Å². The van der Waals surface area contributed by atoms with Crippen LogP contribution in [0.1, 0.15) is 13.3 Å². The Bertz CT molecular complexity index is 388. The van der Waals surface area contributed by atoms with Gasteiger partial charge in [-0.05, 0) is 6.92 Å². The van der Waals surface area contributed by atoms with Crippen molar-refractivity contribution in [3.05, 3.63) is 0 Å². The molecule has 6 nitrogen and oxygen atoms in total. The van der Waals surface area contributed by atoms with Crippen molar-refractivity contribution in [2.24, 2.45) is 0 Å². The number of halogens is 4.